The molecule has 0 radical (unpaired) electrons. The van der Waals surface area contributed by atoms with Gasteiger partial charge in [0.05, 0.1) is 4.90 Å². The summed E-state index contributed by atoms with van der Waals surface area (Å²) < 4.78 is 40.4. The van der Waals surface area contributed by atoms with Gasteiger partial charge in [-0.1, -0.05) is 0 Å². The summed E-state index contributed by atoms with van der Waals surface area (Å²) in [6.07, 6.45) is 4.17. The lowest BCUT2D eigenvalue weighted by Gasteiger charge is -2.35. The average Bonchev–Trinajstić information content (AvgIpc) is 2.58. The second kappa shape index (κ2) is 7.91. The highest BCUT2D eigenvalue weighted by molar-refractivity contribution is 7.89. The van der Waals surface area contributed by atoms with Gasteiger partial charge in [0.1, 0.15) is 5.82 Å². The molecule has 1 aromatic carbocycles. The largest absolute Gasteiger partial charge is 0.316 e. The van der Waals surface area contributed by atoms with Crippen molar-refractivity contribution >= 4 is 10.0 Å². The number of halogens is 1. The molecule has 1 unspecified atom stereocenters. The van der Waals surface area contributed by atoms with Crippen LogP contribution < -0.4 is 10.0 Å². The van der Waals surface area contributed by atoms with Crippen molar-refractivity contribution in [2.24, 2.45) is 5.92 Å². The summed E-state index contributed by atoms with van der Waals surface area (Å²) in [5, 5.41) is 3.44. The summed E-state index contributed by atoms with van der Waals surface area (Å²) in [6.45, 7) is 5.17. The van der Waals surface area contributed by atoms with Gasteiger partial charge in [-0.05, 0) is 82.0 Å². The molecule has 2 fully saturated rings. The van der Waals surface area contributed by atoms with Crippen molar-refractivity contribution in [2.45, 2.75) is 36.6 Å². The van der Waals surface area contributed by atoms with Crippen LogP contribution >= 0.6 is 0 Å². The average molecular weight is 355 g/mol. The van der Waals surface area contributed by atoms with Gasteiger partial charge in [0.2, 0.25) is 10.0 Å². The van der Waals surface area contributed by atoms with Crippen LogP contribution in [-0.4, -0.2) is 52.1 Å². The minimum atomic E-state index is -3.57. The standard InChI is InChI=1S/C17H26FN3O2S/c18-15-3-5-17(6-4-15)24(22,23)20-16-7-10-21(11-8-16)13-14-2-1-9-19-12-14/h3-6,14,16,19-20H,1-2,7-13H2. The van der Waals surface area contributed by atoms with E-state index in [1.54, 1.807) is 0 Å². The molecule has 2 aliphatic rings. The van der Waals surface area contributed by atoms with E-state index in [0.29, 0.717) is 5.92 Å². The Bertz CT molecular complexity index is 622. The van der Waals surface area contributed by atoms with Crippen molar-refractivity contribution in [3.63, 3.8) is 0 Å². The molecule has 24 heavy (non-hydrogen) atoms. The molecule has 0 aliphatic carbocycles. The Hall–Kier alpha value is -1.02. The molecule has 0 saturated carbocycles. The van der Waals surface area contributed by atoms with E-state index in [9.17, 15) is 12.8 Å². The molecular weight excluding hydrogens is 329 g/mol. The lowest BCUT2D eigenvalue weighted by atomic mass is 9.97. The number of benzene rings is 1. The summed E-state index contributed by atoms with van der Waals surface area (Å²) in [5.41, 5.74) is 0. The number of nitrogens with zero attached hydrogens (tertiary/aromatic N) is 1. The Labute approximate surface area is 143 Å². The van der Waals surface area contributed by atoms with Crippen LogP contribution in [0, 0.1) is 11.7 Å². The maximum atomic E-state index is 12.9. The fourth-order valence-electron chi connectivity index (χ4n) is 3.58. The number of likely N-dealkylation sites (tertiary alicyclic amines) is 1. The van der Waals surface area contributed by atoms with Gasteiger partial charge in [-0.3, -0.25) is 0 Å². The van der Waals surface area contributed by atoms with Crippen LogP contribution in [0.5, 0.6) is 0 Å². The summed E-state index contributed by atoms with van der Waals surface area (Å²) in [4.78, 5) is 2.57. The number of nitrogens with one attached hydrogen (secondary N) is 2. The van der Waals surface area contributed by atoms with Gasteiger partial charge in [-0.2, -0.15) is 0 Å². The van der Waals surface area contributed by atoms with Crippen molar-refractivity contribution in [3.05, 3.63) is 30.1 Å². The first-order valence-corrected chi connectivity index (χ1v) is 10.2. The number of hydrogen-bond acceptors (Lipinski definition) is 4. The molecule has 0 amide bonds. The van der Waals surface area contributed by atoms with Crippen molar-refractivity contribution in [1.29, 1.82) is 0 Å². The van der Waals surface area contributed by atoms with Crippen LogP contribution in [0.25, 0.3) is 0 Å². The van der Waals surface area contributed by atoms with E-state index in [-0.39, 0.29) is 10.9 Å². The molecule has 134 valence electrons. The molecule has 0 aromatic heterocycles. The summed E-state index contributed by atoms with van der Waals surface area (Å²) in [6, 6.07) is 4.93. The lowest BCUT2D eigenvalue weighted by Crippen LogP contribution is -2.47. The molecule has 1 aromatic rings. The van der Waals surface area contributed by atoms with Crippen molar-refractivity contribution in [2.75, 3.05) is 32.7 Å². The van der Waals surface area contributed by atoms with E-state index >= 15 is 0 Å². The van der Waals surface area contributed by atoms with E-state index in [2.05, 4.69) is 14.9 Å². The van der Waals surface area contributed by atoms with E-state index in [1.807, 2.05) is 0 Å². The first-order valence-electron chi connectivity index (χ1n) is 8.74. The smallest absolute Gasteiger partial charge is 0.240 e. The Balaban J connectivity index is 1.48. The first-order chi connectivity index (χ1) is 11.5. The Morgan fingerprint density at radius 3 is 2.50 bits per heavy atom. The maximum absolute atomic E-state index is 12.9. The van der Waals surface area contributed by atoms with E-state index < -0.39 is 15.8 Å². The number of piperidine rings is 2. The van der Waals surface area contributed by atoms with E-state index in [4.69, 9.17) is 0 Å². The third-order valence-corrected chi connectivity index (χ3v) is 6.49. The highest BCUT2D eigenvalue weighted by atomic mass is 32.2. The highest BCUT2D eigenvalue weighted by Crippen LogP contribution is 2.18. The minimum absolute atomic E-state index is 0.0409. The minimum Gasteiger partial charge on any atom is -0.316 e. The number of hydrogen-bond donors (Lipinski definition) is 2. The SMILES string of the molecule is O=S(=O)(NC1CCN(CC2CCCNC2)CC1)c1ccc(F)cc1. The topological polar surface area (TPSA) is 61.4 Å². The van der Waals surface area contributed by atoms with Crippen LogP contribution in [0.1, 0.15) is 25.7 Å². The van der Waals surface area contributed by atoms with Gasteiger partial charge in [-0.25, -0.2) is 17.5 Å². The van der Waals surface area contributed by atoms with Crippen molar-refractivity contribution in [1.82, 2.24) is 14.9 Å². The molecule has 0 bridgehead atoms. The van der Waals surface area contributed by atoms with Gasteiger partial charge in [0.25, 0.3) is 0 Å². The molecule has 2 saturated heterocycles. The third-order valence-electron chi connectivity index (χ3n) is 4.95. The van der Waals surface area contributed by atoms with Crippen molar-refractivity contribution in [3.8, 4) is 0 Å². The monoisotopic (exact) mass is 355 g/mol. The molecule has 2 N–H and O–H groups in total. The summed E-state index contributed by atoms with van der Waals surface area (Å²) in [7, 11) is -3.57. The van der Waals surface area contributed by atoms with Crippen molar-refractivity contribution < 1.29 is 12.8 Å². The fourth-order valence-corrected chi connectivity index (χ4v) is 4.88. The Kier molecular flexibility index (Phi) is 5.86. The van der Waals surface area contributed by atoms with Gasteiger partial charge >= 0.3 is 0 Å². The summed E-state index contributed by atoms with van der Waals surface area (Å²) in [5.74, 6) is 0.283. The second-order valence-electron chi connectivity index (χ2n) is 6.86. The Morgan fingerprint density at radius 1 is 1.17 bits per heavy atom. The molecule has 7 heteroatoms. The second-order valence-corrected chi connectivity index (χ2v) is 8.58. The number of sulfonamides is 1. The molecule has 5 nitrogen and oxygen atoms in total. The summed E-state index contributed by atoms with van der Waals surface area (Å²) >= 11 is 0. The molecule has 1 atom stereocenters. The normalized spacial score (nSPS) is 24.1. The van der Waals surface area contributed by atoms with Crippen LogP contribution in [0.2, 0.25) is 0 Å². The third kappa shape index (κ3) is 4.75. The van der Waals surface area contributed by atoms with Crippen LogP contribution in [0.3, 0.4) is 0 Å². The quantitative estimate of drug-likeness (QED) is 0.842. The zero-order valence-corrected chi connectivity index (χ0v) is 14.7. The molecule has 3 rings (SSSR count). The van der Waals surface area contributed by atoms with Gasteiger partial charge in [-0.15, -0.1) is 0 Å². The van der Waals surface area contributed by atoms with E-state index in [0.717, 1.165) is 45.6 Å². The molecule has 2 heterocycles. The van der Waals surface area contributed by atoms with E-state index in [1.165, 1.54) is 37.1 Å². The zero-order valence-electron chi connectivity index (χ0n) is 13.9. The first kappa shape index (κ1) is 17.8. The predicted molar refractivity (Wildman–Crippen MR) is 91.8 cm³/mol. The van der Waals surface area contributed by atoms with Gasteiger partial charge < -0.3 is 10.2 Å². The van der Waals surface area contributed by atoms with Gasteiger partial charge in [0.15, 0.2) is 0 Å². The fraction of sp³-hybridized carbons (Fsp3) is 0.647. The number of rotatable bonds is 5. The van der Waals surface area contributed by atoms with Crippen LogP contribution in [0.15, 0.2) is 29.2 Å². The maximum Gasteiger partial charge on any atom is 0.240 e. The molecule has 2 aliphatic heterocycles. The zero-order chi connectivity index (χ0) is 17.0. The van der Waals surface area contributed by atoms with Crippen LogP contribution in [0.4, 0.5) is 4.39 Å². The highest BCUT2D eigenvalue weighted by Gasteiger charge is 2.26. The predicted octanol–water partition coefficient (Wildman–Crippen LogP) is 1.57. The van der Waals surface area contributed by atoms with Crippen LogP contribution in [-0.2, 0) is 10.0 Å². The Morgan fingerprint density at radius 2 is 1.88 bits per heavy atom. The lowest BCUT2D eigenvalue weighted by molar-refractivity contribution is 0.166. The molecule has 0 spiro atoms. The van der Waals surface area contributed by atoms with Gasteiger partial charge in [0, 0.05) is 12.6 Å². The molecular formula is C17H26FN3O2S.